The molecule has 0 spiro atoms. The number of urea groups is 1. The zero-order chi connectivity index (χ0) is 26.4. The average Bonchev–Trinajstić information content (AvgIpc) is 2.91. The van der Waals surface area contributed by atoms with Gasteiger partial charge in [0, 0.05) is 12.2 Å². The Hall–Kier alpha value is -4.20. The van der Waals surface area contributed by atoms with Gasteiger partial charge in [0.1, 0.15) is 17.4 Å². The van der Waals surface area contributed by atoms with Crippen molar-refractivity contribution in [2.24, 2.45) is 0 Å². The molecule has 1 atom stereocenters. The maximum absolute atomic E-state index is 13.9. The SMILES string of the molecule is CCCCN(C(=O)Nc1cccc(F)c1)C(CC)c1nc2ccccc2c(=O)n1-c1ccccc1OC. The predicted molar refractivity (Wildman–Crippen MR) is 144 cm³/mol. The minimum Gasteiger partial charge on any atom is -0.495 e. The van der Waals surface area contributed by atoms with Crippen molar-refractivity contribution in [3.8, 4) is 11.4 Å². The van der Waals surface area contributed by atoms with Gasteiger partial charge >= 0.3 is 6.03 Å². The molecule has 192 valence electrons. The molecule has 1 N–H and O–H groups in total. The summed E-state index contributed by atoms with van der Waals surface area (Å²) in [6.07, 6.45) is 2.12. The van der Waals surface area contributed by atoms with Crippen molar-refractivity contribution in [2.45, 2.75) is 39.2 Å². The van der Waals surface area contributed by atoms with Gasteiger partial charge in [0.05, 0.1) is 29.7 Å². The number of amides is 2. The van der Waals surface area contributed by atoms with Crippen LogP contribution in [-0.2, 0) is 0 Å². The van der Waals surface area contributed by atoms with Gasteiger partial charge in [-0.15, -0.1) is 0 Å². The first-order chi connectivity index (χ1) is 18.0. The molecule has 4 rings (SSSR count). The van der Waals surface area contributed by atoms with Crippen molar-refractivity contribution in [3.63, 3.8) is 0 Å². The van der Waals surface area contributed by atoms with Gasteiger partial charge in [-0.25, -0.2) is 14.2 Å². The molecule has 0 saturated carbocycles. The second-order valence-corrected chi connectivity index (χ2v) is 8.71. The van der Waals surface area contributed by atoms with Gasteiger partial charge < -0.3 is 15.0 Å². The monoisotopic (exact) mass is 502 g/mol. The molecule has 37 heavy (non-hydrogen) atoms. The third kappa shape index (κ3) is 5.48. The number of hydrogen-bond acceptors (Lipinski definition) is 4. The second kappa shape index (κ2) is 11.7. The number of fused-ring (bicyclic) bond motifs is 1. The number of methoxy groups -OCH3 is 1. The van der Waals surface area contributed by atoms with Crippen LogP contribution in [-0.4, -0.2) is 34.1 Å². The summed E-state index contributed by atoms with van der Waals surface area (Å²) in [5, 5.41) is 3.29. The molecule has 1 aromatic heterocycles. The minimum absolute atomic E-state index is 0.246. The Kier molecular flexibility index (Phi) is 8.18. The highest BCUT2D eigenvalue weighted by molar-refractivity contribution is 5.89. The first-order valence-electron chi connectivity index (χ1n) is 12.5. The molecule has 0 bridgehead atoms. The second-order valence-electron chi connectivity index (χ2n) is 8.71. The number of nitrogens with zero attached hydrogens (tertiary/aromatic N) is 3. The minimum atomic E-state index is -0.540. The largest absolute Gasteiger partial charge is 0.495 e. The molecule has 0 aliphatic carbocycles. The van der Waals surface area contributed by atoms with Gasteiger partial charge in [0.25, 0.3) is 5.56 Å². The summed E-state index contributed by atoms with van der Waals surface area (Å²) in [5.74, 6) is 0.509. The molecular weight excluding hydrogens is 471 g/mol. The van der Waals surface area contributed by atoms with Crippen LogP contribution in [0.2, 0.25) is 0 Å². The third-order valence-electron chi connectivity index (χ3n) is 6.28. The highest BCUT2D eigenvalue weighted by atomic mass is 19.1. The van der Waals surface area contributed by atoms with Crippen LogP contribution in [0.25, 0.3) is 16.6 Å². The van der Waals surface area contributed by atoms with Gasteiger partial charge in [-0.05, 0) is 55.3 Å². The molecule has 0 aliphatic rings. The zero-order valence-corrected chi connectivity index (χ0v) is 21.3. The molecular formula is C29H31FN4O3. The Labute approximate surface area is 215 Å². The summed E-state index contributed by atoms with van der Waals surface area (Å²) in [5.41, 5.74) is 1.20. The Morgan fingerprint density at radius 1 is 1.08 bits per heavy atom. The lowest BCUT2D eigenvalue weighted by molar-refractivity contribution is 0.180. The number of rotatable bonds is 9. The van der Waals surface area contributed by atoms with Crippen LogP contribution in [0.3, 0.4) is 0 Å². The van der Waals surface area contributed by atoms with Crippen molar-refractivity contribution < 1.29 is 13.9 Å². The van der Waals surface area contributed by atoms with Crippen LogP contribution >= 0.6 is 0 Å². The number of unbranched alkanes of at least 4 members (excludes halogenated alkanes) is 1. The van der Waals surface area contributed by atoms with Crippen LogP contribution in [0.4, 0.5) is 14.9 Å². The Bertz CT molecular complexity index is 1450. The Morgan fingerprint density at radius 3 is 2.57 bits per heavy atom. The molecule has 8 heteroatoms. The highest BCUT2D eigenvalue weighted by Gasteiger charge is 2.29. The van der Waals surface area contributed by atoms with E-state index in [2.05, 4.69) is 5.32 Å². The van der Waals surface area contributed by atoms with Gasteiger partial charge in [-0.2, -0.15) is 0 Å². The number of anilines is 1. The number of carbonyl (C=O) groups is 1. The van der Waals surface area contributed by atoms with Gasteiger partial charge in [-0.3, -0.25) is 9.36 Å². The van der Waals surface area contributed by atoms with E-state index in [1.165, 1.54) is 12.1 Å². The highest BCUT2D eigenvalue weighted by Crippen LogP contribution is 2.30. The lowest BCUT2D eigenvalue weighted by Crippen LogP contribution is -2.41. The topological polar surface area (TPSA) is 76.5 Å². The van der Waals surface area contributed by atoms with E-state index >= 15 is 0 Å². The lowest BCUT2D eigenvalue weighted by atomic mass is 10.1. The van der Waals surface area contributed by atoms with Gasteiger partial charge in [-0.1, -0.05) is 50.6 Å². The van der Waals surface area contributed by atoms with E-state index in [0.717, 1.165) is 12.8 Å². The molecule has 3 aromatic carbocycles. The zero-order valence-electron chi connectivity index (χ0n) is 21.3. The molecule has 2 amide bonds. The van der Waals surface area contributed by atoms with E-state index in [-0.39, 0.29) is 11.6 Å². The molecule has 1 heterocycles. The van der Waals surface area contributed by atoms with E-state index in [4.69, 9.17) is 9.72 Å². The standard InChI is InChI=1S/C29H31FN4O3/c1-4-6-18-33(29(36)31-21-13-11-12-20(30)19-21)24(5-2)27-32-23-15-8-7-14-22(23)28(35)34(27)25-16-9-10-17-26(25)37-3/h7-17,19,24H,4-6,18H2,1-3H3,(H,31,36). The van der Waals surface area contributed by atoms with Crippen LogP contribution in [0.15, 0.2) is 77.6 Å². The molecule has 7 nitrogen and oxygen atoms in total. The first-order valence-corrected chi connectivity index (χ1v) is 12.5. The van der Waals surface area contributed by atoms with Crippen LogP contribution in [0.1, 0.15) is 45.0 Å². The van der Waals surface area contributed by atoms with Crippen LogP contribution < -0.4 is 15.6 Å². The fraction of sp³-hybridized carbons (Fsp3) is 0.276. The van der Waals surface area contributed by atoms with Gasteiger partial charge in [0.15, 0.2) is 0 Å². The molecule has 4 aromatic rings. The fourth-order valence-electron chi connectivity index (χ4n) is 4.45. The number of hydrogen-bond donors (Lipinski definition) is 1. The number of halogens is 1. The third-order valence-corrected chi connectivity index (χ3v) is 6.28. The number of nitrogens with one attached hydrogen (secondary N) is 1. The summed E-state index contributed by atoms with van der Waals surface area (Å²) >= 11 is 0. The summed E-state index contributed by atoms with van der Waals surface area (Å²) in [7, 11) is 1.55. The number of ether oxygens (including phenoxy) is 1. The smallest absolute Gasteiger partial charge is 0.322 e. The average molecular weight is 503 g/mol. The van der Waals surface area contributed by atoms with Crippen LogP contribution in [0, 0.1) is 5.82 Å². The fourth-order valence-corrected chi connectivity index (χ4v) is 4.45. The van der Waals surface area contributed by atoms with E-state index in [0.29, 0.717) is 46.8 Å². The first kappa shape index (κ1) is 25.9. The summed E-state index contributed by atoms with van der Waals surface area (Å²) < 4.78 is 20.9. The Morgan fingerprint density at radius 2 is 1.84 bits per heavy atom. The van der Waals surface area contributed by atoms with Crippen molar-refractivity contribution in [1.82, 2.24) is 14.5 Å². The predicted octanol–water partition coefficient (Wildman–Crippen LogP) is 6.32. The van der Waals surface area contributed by atoms with E-state index < -0.39 is 11.9 Å². The number of para-hydroxylation sites is 3. The molecule has 1 unspecified atom stereocenters. The Balaban J connectivity index is 1.90. The summed E-state index contributed by atoms with van der Waals surface area (Å²) in [6, 6.07) is 19.3. The molecule has 0 aliphatic heterocycles. The maximum atomic E-state index is 13.9. The van der Waals surface area contributed by atoms with E-state index in [1.54, 1.807) is 59.0 Å². The molecule has 0 saturated heterocycles. The van der Waals surface area contributed by atoms with Gasteiger partial charge in [0.2, 0.25) is 0 Å². The van der Waals surface area contributed by atoms with Crippen LogP contribution in [0.5, 0.6) is 5.75 Å². The number of carbonyl (C=O) groups excluding carboxylic acids is 1. The summed E-state index contributed by atoms with van der Waals surface area (Å²) in [6.45, 7) is 4.43. The number of benzene rings is 3. The van der Waals surface area contributed by atoms with Crippen molar-refractivity contribution in [3.05, 3.63) is 94.8 Å². The van der Waals surface area contributed by atoms with Crippen molar-refractivity contribution in [1.29, 1.82) is 0 Å². The normalized spacial score (nSPS) is 11.8. The van der Waals surface area contributed by atoms with Crippen molar-refractivity contribution >= 4 is 22.6 Å². The molecule has 0 fully saturated rings. The summed E-state index contributed by atoms with van der Waals surface area (Å²) in [4.78, 5) is 34.1. The van der Waals surface area contributed by atoms with E-state index in [9.17, 15) is 14.0 Å². The number of aromatic nitrogens is 2. The van der Waals surface area contributed by atoms with E-state index in [1.807, 2.05) is 32.0 Å². The lowest BCUT2D eigenvalue weighted by Gasteiger charge is -2.32. The quantitative estimate of drug-likeness (QED) is 0.291. The molecule has 0 radical (unpaired) electrons. The van der Waals surface area contributed by atoms with Crippen molar-refractivity contribution in [2.75, 3.05) is 19.0 Å². The maximum Gasteiger partial charge on any atom is 0.322 e.